The van der Waals surface area contributed by atoms with Crippen molar-refractivity contribution in [3.8, 4) is 0 Å². The lowest BCUT2D eigenvalue weighted by Gasteiger charge is -2.15. The van der Waals surface area contributed by atoms with E-state index in [-0.39, 0.29) is 11.2 Å². The van der Waals surface area contributed by atoms with Crippen LogP contribution < -0.4 is 0 Å². The molecule has 3 atom stereocenters. The number of benzene rings is 1. The summed E-state index contributed by atoms with van der Waals surface area (Å²) >= 11 is 1.63. The SMILES string of the molecule is CC(C)C(SC1CC1c1ccccc1)C(=O)O. The number of hydrogen-bond acceptors (Lipinski definition) is 2. The molecule has 0 heterocycles. The Kier molecular flexibility index (Phi) is 3.77. The third-order valence-corrected chi connectivity index (χ3v) is 5.04. The van der Waals surface area contributed by atoms with Gasteiger partial charge in [-0.25, -0.2) is 0 Å². The lowest BCUT2D eigenvalue weighted by atomic mass is 10.1. The molecule has 1 aromatic rings. The van der Waals surface area contributed by atoms with Gasteiger partial charge < -0.3 is 5.11 Å². The lowest BCUT2D eigenvalue weighted by molar-refractivity contribution is -0.137. The first-order valence-corrected chi connectivity index (χ1v) is 6.97. The predicted octanol–water partition coefficient (Wildman–Crippen LogP) is 3.38. The Labute approximate surface area is 106 Å². The third kappa shape index (κ3) is 3.03. The molecule has 2 rings (SSSR count). The van der Waals surface area contributed by atoms with E-state index in [1.165, 1.54) is 5.56 Å². The second-order valence-corrected chi connectivity index (χ2v) is 6.32. The normalized spacial score (nSPS) is 24.6. The van der Waals surface area contributed by atoms with E-state index in [1.54, 1.807) is 11.8 Å². The molecular formula is C14H18O2S. The van der Waals surface area contributed by atoms with Crippen molar-refractivity contribution in [2.45, 2.75) is 36.7 Å². The average Bonchev–Trinajstić information content (AvgIpc) is 3.05. The topological polar surface area (TPSA) is 37.3 Å². The van der Waals surface area contributed by atoms with Gasteiger partial charge in [-0.05, 0) is 23.8 Å². The molecule has 0 spiro atoms. The van der Waals surface area contributed by atoms with Gasteiger partial charge in [0.1, 0.15) is 5.25 Å². The third-order valence-electron chi connectivity index (χ3n) is 3.13. The summed E-state index contributed by atoms with van der Waals surface area (Å²) in [7, 11) is 0. The van der Waals surface area contributed by atoms with Gasteiger partial charge in [0.25, 0.3) is 0 Å². The van der Waals surface area contributed by atoms with Crippen LogP contribution in [0, 0.1) is 5.92 Å². The maximum Gasteiger partial charge on any atom is 0.316 e. The van der Waals surface area contributed by atoms with Crippen LogP contribution in [0.25, 0.3) is 0 Å². The number of rotatable bonds is 5. The number of carboxylic acids is 1. The number of aliphatic carboxylic acids is 1. The zero-order chi connectivity index (χ0) is 12.4. The minimum Gasteiger partial charge on any atom is -0.480 e. The van der Waals surface area contributed by atoms with Crippen molar-refractivity contribution in [2.24, 2.45) is 5.92 Å². The quantitative estimate of drug-likeness (QED) is 0.870. The largest absolute Gasteiger partial charge is 0.480 e. The molecule has 17 heavy (non-hydrogen) atoms. The van der Waals surface area contributed by atoms with Gasteiger partial charge in [0.05, 0.1) is 0 Å². The fourth-order valence-electron chi connectivity index (χ4n) is 2.06. The van der Waals surface area contributed by atoms with Crippen molar-refractivity contribution in [1.29, 1.82) is 0 Å². The number of hydrogen-bond donors (Lipinski definition) is 1. The highest BCUT2D eigenvalue weighted by atomic mass is 32.2. The van der Waals surface area contributed by atoms with E-state index in [0.29, 0.717) is 11.2 Å². The Hall–Kier alpha value is -0.960. The highest BCUT2D eigenvalue weighted by Gasteiger charge is 2.42. The molecule has 1 aliphatic rings. The zero-order valence-electron chi connectivity index (χ0n) is 10.2. The molecule has 0 amide bonds. The van der Waals surface area contributed by atoms with Gasteiger partial charge in [0.15, 0.2) is 0 Å². The van der Waals surface area contributed by atoms with Gasteiger partial charge in [-0.3, -0.25) is 4.79 Å². The summed E-state index contributed by atoms with van der Waals surface area (Å²) in [6.45, 7) is 3.96. The van der Waals surface area contributed by atoms with Crippen molar-refractivity contribution in [3.63, 3.8) is 0 Å². The number of carboxylic acid groups (broad SMARTS) is 1. The van der Waals surface area contributed by atoms with Crippen LogP contribution in [-0.2, 0) is 4.79 Å². The summed E-state index contributed by atoms with van der Waals surface area (Å²) in [5.41, 5.74) is 1.35. The molecule has 1 aliphatic carbocycles. The van der Waals surface area contributed by atoms with E-state index in [2.05, 4.69) is 12.1 Å². The molecule has 1 aromatic carbocycles. The Balaban J connectivity index is 1.93. The maximum absolute atomic E-state index is 11.1. The molecule has 2 nitrogen and oxygen atoms in total. The van der Waals surface area contributed by atoms with E-state index in [1.807, 2.05) is 32.0 Å². The van der Waals surface area contributed by atoms with E-state index in [9.17, 15) is 4.79 Å². The van der Waals surface area contributed by atoms with Gasteiger partial charge >= 0.3 is 5.97 Å². The molecule has 0 aromatic heterocycles. The Morgan fingerprint density at radius 1 is 1.35 bits per heavy atom. The number of thioether (sulfide) groups is 1. The first-order valence-electron chi connectivity index (χ1n) is 6.03. The van der Waals surface area contributed by atoms with Crippen LogP contribution in [0.5, 0.6) is 0 Å². The van der Waals surface area contributed by atoms with E-state index < -0.39 is 5.97 Å². The minimum absolute atomic E-state index is 0.189. The second-order valence-electron chi connectivity index (χ2n) is 4.93. The first kappa shape index (κ1) is 12.5. The Bertz CT molecular complexity index is 388. The van der Waals surface area contributed by atoms with Crippen LogP contribution in [0.2, 0.25) is 0 Å². The maximum atomic E-state index is 11.1. The van der Waals surface area contributed by atoms with E-state index in [0.717, 1.165) is 6.42 Å². The molecule has 3 heteroatoms. The Morgan fingerprint density at radius 3 is 2.53 bits per heavy atom. The fraction of sp³-hybridized carbons (Fsp3) is 0.500. The van der Waals surface area contributed by atoms with Gasteiger partial charge in [0.2, 0.25) is 0 Å². The Morgan fingerprint density at radius 2 is 2.00 bits per heavy atom. The van der Waals surface area contributed by atoms with Crippen LogP contribution >= 0.6 is 11.8 Å². The van der Waals surface area contributed by atoms with Crippen molar-refractivity contribution in [1.82, 2.24) is 0 Å². The highest BCUT2D eigenvalue weighted by Crippen LogP contribution is 2.51. The molecule has 3 unspecified atom stereocenters. The molecule has 0 aliphatic heterocycles. The van der Waals surface area contributed by atoms with Gasteiger partial charge in [-0.2, -0.15) is 0 Å². The summed E-state index contributed by atoms with van der Waals surface area (Å²) in [5, 5.41) is 9.37. The smallest absolute Gasteiger partial charge is 0.316 e. The average molecular weight is 250 g/mol. The summed E-state index contributed by atoms with van der Waals surface area (Å²) in [6.07, 6.45) is 1.12. The molecule has 0 saturated heterocycles. The van der Waals surface area contributed by atoms with Crippen molar-refractivity contribution >= 4 is 17.7 Å². The summed E-state index contributed by atoms with van der Waals surface area (Å²) < 4.78 is 0. The van der Waals surface area contributed by atoms with Crippen molar-refractivity contribution in [3.05, 3.63) is 35.9 Å². The summed E-state index contributed by atoms with van der Waals surface area (Å²) in [6, 6.07) is 10.4. The van der Waals surface area contributed by atoms with Crippen LogP contribution in [0.1, 0.15) is 31.7 Å². The summed E-state index contributed by atoms with van der Waals surface area (Å²) in [5.74, 6) is 0.0695. The van der Waals surface area contributed by atoms with Crippen LogP contribution in [0.3, 0.4) is 0 Å². The minimum atomic E-state index is -0.677. The highest BCUT2D eigenvalue weighted by molar-refractivity contribution is 8.01. The number of carbonyl (C=O) groups is 1. The van der Waals surface area contributed by atoms with Crippen molar-refractivity contribution in [2.75, 3.05) is 0 Å². The molecule has 1 saturated carbocycles. The molecule has 1 N–H and O–H groups in total. The zero-order valence-corrected chi connectivity index (χ0v) is 11.0. The second kappa shape index (κ2) is 5.13. The lowest BCUT2D eigenvalue weighted by Crippen LogP contribution is -2.23. The van der Waals surface area contributed by atoms with Crippen LogP contribution in [0.4, 0.5) is 0 Å². The van der Waals surface area contributed by atoms with Crippen molar-refractivity contribution < 1.29 is 9.90 Å². The van der Waals surface area contributed by atoms with Crippen LogP contribution in [-0.4, -0.2) is 21.6 Å². The van der Waals surface area contributed by atoms with E-state index in [4.69, 9.17) is 5.11 Å². The molecule has 0 bridgehead atoms. The standard InChI is InChI=1S/C14H18O2S/c1-9(2)13(14(15)16)17-12-8-11(12)10-6-4-3-5-7-10/h3-7,9,11-13H,8H2,1-2H3,(H,15,16). The van der Waals surface area contributed by atoms with E-state index >= 15 is 0 Å². The predicted molar refractivity (Wildman–Crippen MR) is 71.4 cm³/mol. The monoisotopic (exact) mass is 250 g/mol. The molecule has 1 fully saturated rings. The molecule has 92 valence electrons. The van der Waals surface area contributed by atoms with Gasteiger partial charge in [-0.15, -0.1) is 11.8 Å². The first-order chi connectivity index (χ1) is 8.09. The molecular weight excluding hydrogens is 232 g/mol. The molecule has 0 radical (unpaired) electrons. The van der Waals surface area contributed by atoms with Gasteiger partial charge in [-0.1, -0.05) is 44.2 Å². The fourth-order valence-corrected chi connectivity index (χ4v) is 3.53. The van der Waals surface area contributed by atoms with Crippen LogP contribution in [0.15, 0.2) is 30.3 Å². The summed E-state index contributed by atoms with van der Waals surface area (Å²) in [4.78, 5) is 11.1. The van der Waals surface area contributed by atoms with Gasteiger partial charge in [0, 0.05) is 5.25 Å².